The van der Waals surface area contributed by atoms with Gasteiger partial charge >= 0.3 is 12.0 Å². The van der Waals surface area contributed by atoms with Crippen molar-refractivity contribution in [3.05, 3.63) is 46.3 Å². The Morgan fingerprint density at radius 2 is 1.70 bits per heavy atom. The number of fused-ring (bicyclic) bond motifs is 7. The summed E-state index contributed by atoms with van der Waals surface area (Å²) in [5.41, 5.74) is 3.56. The molecule has 0 aliphatic heterocycles. The van der Waals surface area contributed by atoms with Crippen molar-refractivity contribution in [1.29, 1.82) is 0 Å². The molecule has 3 fully saturated rings. The lowest BCUT2D eigenvalue weighted by molar-refractivity contribution is -0.152. The van der Waals surface area contributed by atoms with E-state index in [4.69, 9.17) is 4.74 Å². The van der Waals surface area contributed by atoms with E-state index in [0.29, 0.717) is 11.5 Å². The number of nitrogens with one attached hydrogen (secondary N) is 2. The molecule has 7 heteroatoms. The van der Waals surface area contributed by atoms with Crippen LogP contribution in [0, 0.1) is 27.6 Å². The summed E-state index contributed by atoms with van der Waals surface area (Å²) in [6.45, 7) is 15.3. The van der Waals surface area contributed by atoms with Gasteiger partial charge in [-0.05, 0) is 105 Å². The first kappa shape index (κ1) is 28.7. The van der Waals surface area contributed by atoms with Gasteiger partial charge in [0.25, 0.3) is 0 Å². The van der Waals surface area contributed by atoms with E-state index in [1.54, 1.807) is 13.0 Å². The molecule has 218 valence electrons. The minimum absolute atomic E-state index is 0.00207. The van der Waals surface area contributed by atoms with Gasteiger partial charge in [0.05, 0.1) is 7.11 Å². The lowest BCUT2D eigenvalue weighted by atomic mass is 9.35. The number of carbonyl (C=O) groups is 3. The van der Waals surface area contributed by atoms with Gasteiger partial charge in [0, 0.05) is 16.5 Å². The van der Waals surface area contributed by atoms with E-state index < -0.39 is 17.6 Å². The number of aliphatic hydroxyl groups is 1. The zero-order valence-electron chi connectivity index (χ0n) is 25.4. The normalized spacial score (nSPS) is 41.1. The van der Waals surface area contributed by atoms with Crippen molar-refractivity contribution in [2.24, 2.45) is 27.6 Å². The van der Waals surface area contributed by atoms with E-state index in [9.17, 15) is 19.5 Å². The molecule has 0 aromatic carbocycles. The quantitative estimate of drug-likeness (QED) is 0.362. The number of ether oxygens (including phenoxy) is 1. The monoisotopic (exact) mass is 550 g/mol. The van der Waals surface area contributed by atoms with Crippen molar-refractivity contribution in [3.63, 3.8) is 0 Å². The SMILES string of the molecule is COC(=O)C(C)NC(=O)N[C@]1(C)CC[C@]2(C)CC[C@]3(C)C4=CC=C5C(=CC(=O)C(O)=C5C)[C@]4(C)CC[C@@]3(C)[C@@H]2C1. The molecule has 5 rings (SSSR count). The Bertz CT molecular complexity index is 1310. The van der Waals surface area contributed by atoms with Crippen molar-refractivity contribution < 1.29 is 24.2 Å². The van der Waals surface area contributed by atoms with E-state index in [0.717, 1.165) is 56.1 Å². The van der Waals surface area contributed by atoms with Gasteiger partial charge in [0.2, 0.25) is 5.78 Å². The van der Waals surface area contributed by atoms with Crippen molar-refractivity contribution >= 4 is 17.8 Å². The maximum Gasteiger partial charge on any atom is 0.328 e. The van der Waals surface area contributed by atoms with E-state index in [1.165, 1.54) is 12.7 Å². The topological polar surface area (TPSA) is 105 Å². The first-order valence-corrected chi connectivity index (χ1v) is 14.8. The fourth-order valence-corrected chi connectivity index (χ4v) is 9.31. The number of esters is 1. The number of rotatable bonds is 3. The number of aliphatic hydroxyl groups excluding tert-OH is 1. The van der Waals surface area contributed by atoms with Gasteiger partial charge < -0.3 is 20.5 Å². The molecule has 3 N–H and O–H groups in total. The standard InChI is InChI=1S/C33H46N2O5/c1-19-21-9-10-24-31(5,22(21)17-23(36)26(19)37)14-16-33(7)25-18-30(4,35-28(39)34-20(2)27(38)40-8)13-11-29(25,3)12-15-32(24,33)6/h9-10,17,20,25,37H,11-16,18H2,1-8H3,(H2,34,35,39)/t20?,25-,29-,30-,31+,32-,33+/m1/s1. The van der Waals surface area contributed by atoms with Gasteiger partial charge in [-0.15, -0.1) is 0 Å². The molecule has 5 aliphatic carbocycles. The molecule has 3 saturated carbocycles. The second kappa shape index (κ2) is 9.09. The van der Waals surface area contributed by atoms with Crippen LogP contribution in [0.15, 0.2) is 46.3 Å². The molecule has 7 nitrogen and oxygen atoms in total. The Labute approximate surface area is 238 Å². The molecule has 0 bridgehead atoms. The summed E-state index contributed by atoms with van der Waals surface area (Å²) in [7, 11) is 1.32. The molecule has 0 radical (unpaired) electrons. The summed E-state index contributed by atoms with van der Waals surface area (Å²) in [5, 5.41) is 16.3. The summed E-state index contributed by atoms with van der Waals surface area (Å²) in [4.78, 5) is 37.5. The zero-order chi connectivity index (χ0) is 29.5. The van der Waals surface area contributed by atoms with Gasteiger partial charge in [0.15, 0.2) is 5.76 Å². The minimum Gasteiger partial charge on any atom is -0.504 e. The molecular formula is C33H46N2O5. The largest absolute Gasteiger partial charge is 0.504 e. The molecule has 5 aliphatic rings. The number of methoxy groups -OCH3 is 1. The van der Waals surface area contributed by atoms with Crippen molar-refractivity contribution in [3.8, 4) is 0 Å². The van der Waals surface area contributed by atoms with Crippen LogP contribution in [-0.4, -0.2) is 41.6 Å². The van der Waals surface area contributed by atoms with Gasteiger partial charge in [-0.1, -0.05) is 45.4 Å². The Kier molecular flexibility index (Phi) is 6.52. The summed E-state index contributed by atoms with van der Waals surface area (Å²) in [6.07, 6.45) is 13.0. The highest BCUT2D eigenvalue weighted by molar-refractivity contribution is 6.06. The van der Waals surface area contributed by atoms with Crippen molar-refractivity contribution in [2.45, 2.75) is 105 Å². The van der Waals surface area contributed by atoms with Crippen LogP contribution < -0.4 is 10.6 Å². The van der Waals surface area contributed by atoms with Crippen LogP contribution in [0.1, 0.15) is 93.4 Å². The highest BCUT2D eigenvalue weighted by Gasteiger charge is 2.66. The van der Waals surface area contributed by atoms with Gasteiger partial charge in [-0.2, -0.15) is 0 Å². The molecule has 40 heavy (non-hydrogen) atoms. The molecule has 0 aromatic heterocycles. The molecule has 0 aromatic rings. The number of carbonyl (C=O) groups excluding carboxylic acids is 3. The van der Waals surface area contributed by atoms with E-state index >= 15 is 0 Å². The highest BCUT2D eigenvalue weighted by atomic mass is 16.5. The molecule has 0 spiro atoms. The summed E-state index contributed by atoms with van der Waals surface area (Å²) in [6, 6.07) is -1.05. The second-order valence-electron chi connectivity index (χ2n) is 14.5. The number of ketones is 1. The number of allylic oxidation sites excluding steroid dienone is 7. The van der Waals surface area contributed by atoms with Gasteiger partial charge in [-0.3, -0.25) is 4.79 Å². The van der Waals surface area contributed by atoms with E-state index in [2.05, 4.69) is 57.4 Å². The van der Waals surface area contributed by atoms with Crippen molar-refractivity contribution in [1.82, 2.24) is 10.6 Å². The third kappa shape index (κ3) is 3.93. The Morgan fingerprint density at radius 1 is 1.02 bits per heavy atom. The third-order valence-corrected chi connectivity index (χ3v) is 12.2. The Hall–Kier alpha value is -2.83. The van der Waals surface area contributed by atoms with E-state index in [1.807, 2.05) is 6.92 Å². The average molecular weight is 551 g/mol. The first-order chi connectivity index (χ1) is 18.5. The smallest absolute Gasteiger partial charge is 0.328 e. The van der Waals surface area contributed by atoms with Gasteiger partial charge in [0.1, 0.15) is 6.04 Å². The van der Waals surface area contributed by atoms with Crippen LogP contribution in [-0.2, 0) is 14.3 Å². The molecule has 0 saturated heterocycles. The average Bonchev–Trinajstić information content (AvgIpc) is 2.89. The van der Waals surface area contributed by atoms with Gasteiger partial charge in [-0.25, -0.2) is 9.59 Å². The number of hydrogen-bond acceptors (Lipinski definition) is 5. The fraction of sp³-hybridized carbons (Fsp3) is 0.667. The van der Waals surface area contributed by atoms with Crippen LogP contribution >= 0.6 is 0 Å². The predicted molar refractivity (Wildman–Crippen MR) is 154 cm³/mol. The maximum atomic E-state index is 13.0. The minimum atomic E-state index is -0.716. The molecular weight excluding hydrogens is 504 g/mol. The number of amides is 2. The Morgan fingerprint density at radius 3 is 2.38 bits per heavy atom. The van der Waals surface area contributed by atoms with Crippen LogP contribution in [0.25, 0.3) is 0 Å². The van der Waals surface area contributed by atoms with Crippen LogP contribution in [0.4, 0.5) is 4.79 Å². The van der Waals surface area contributed by atoms with Crippen LogP contribution in [0.2, 0.25) is 0 Å². The second-order valence-corrected chi connectivity index (χ2v) is 14.5. The molecule has 0 heterocycles. The number of urea groups is 1. The highest BCUT2D eigenvalue weighted by Crippen LogP contribution is 2.75. The lowest BCUT2D eigenvalue weighted by Gasteiger charge is -2.70. The maximum absolute atomic E-state index is 13.0. The van der Waals surface area contributed by atoms with Crippen LogP contribution in [0.3, 0.4) is 0 Å². The number of hydrogen-bond donors (Lipinski definition) is 3. The zero-order valence-corrected chi connectivity index (χ0v) is 25.4. The van der Waals surface area contributed by atoms with Crippen LogP contribution in [0.5, 0.6) is 0 Å². The fourth-order valence-electron chi connectivity index (χ4n) is 9.31. The molecule has 1 unspecified atom stereocenters. The third-order valence-electron chi connectivity index (χ3n) is 12.2. The summed E-state index contributed by atoms with van der Waals surface area (Å²) in [5.74, 6) is -0.518. The first-order valence-electron chi connectivity index (χ1n) is 14.8. The molecule has 7 atom stereocenters. The predicted octanol–water partition coefficient (Wildman–Crippen LogP) is 6.23. The van der Waals surface area contributed by atoms with E-state index in [-0.39, 0.29) is 39.2 Å². The van der Waals surface area contributed by atoms with Crippen molar-refractivity contribution in [2.75, 3.05) is 7.11 Å². The lowest BCUT2D eigenvalue weighted by Crippen LogP contribution is -2.65. The molecule has 2 amide bonds. The summed E-state index contributed by atoms with van der Waals surface area (Å²) >= 11 is 0. The summed E-state index contributed by atoms with van der Waals surface area (Å²) < 4.78 is 4.77. The Balaban J connectivity index is 1.48.